The van der Waals surface area contributed by atoms with E-state index in [1.807, 2.05) is 26.8 Å². The molecule has 268 valence electrons. The number of aromatic hydroxyl groups is 1. The van der Waals surface area contributed by atoms with Gasteiger partial charge in [-0.2, -0.15) is 0 Å². The molecular weight excluding hydrogens is 639 g/mol. The number of Topliss-reactive ketones (excluding diaryl/α,β-unsaturated/α-hetero) is 1. The zero-order valence-corrected chi connectivity index (χ0v) is 31.4. The number of allylic oxidation sites excluding steroid dienone is 1. The molecule has 1 heterocycles. The average molecular weight is 695 g/mol. The third-order valence-corrected chi connectivity index (χ3v) is 10.3. The Kier molecular flexibility index (Phi) is 14.6. The number of likely N-dealkylation sites (tertiary alicyclic amines) is 1. The summed E-state index contributed by atoms with van der Waals surface area (Å²) in [6.07, 6.45) is 7.81. The van der Waals surface area contributed by atoms with Crippen LogP contribution in [0.25, 0.3) is 16.8 Å². The van der Waals surface area contributed by atoms with Gasteiger partial charge in [0.15, 0.2) is 5.78 Å². The number of aryl methyl sites for hydroxylation is 1. The molecule has 1 aliphatic rings. The molecular formula is C41H56ClFN2O4. The number of phenolic OH excluding ortho intramolecular Hbond substituents is 1. The van der Waals surface area contributed by atoms with Crippen LogP contribution in [-0.4, -0.2) is 46.9 Å². The molecule has 0 aromatic heterocycles. The summed E-state index contributed by atoms with van der Waals surface area (Å²) in [5.74, 6) is 0.271. The Labute approximate surface area is 298 Å². The topological polar surface area (TPSA) is 78.9 Å². The first kappa shape index (κ1) is 39.9. The minimum atomic E-state index is -1.12. The lowest BCUT2D eigenvalue weighted by molar-refractivity contribution is -0.140. The lowest BCUT2D eigenvalue weighted by Crippen LogP contribution is -2.73. The maximum atomic E-state index is 17.0. The summed E-state index contributed by atoms with van der Waals surface area (Å²) >= 11 is 6.97. The van der Waals surface area contributed by atoms with Crippen LogP contribution in [0.5, 0.6) is 5.75 Å². The molecule has 1 aliphatic heterocycles. The average Bonchev–Trinajstić information content (AvgIpc) is 3.05. The highest BCUT2D eigenvalue weighted by Crippen LogP contribution is 2.44. The third-order valence-electron chi connectivity index (χ3n) is 10.0. The van der Waals surface area contributed by atoms with Crippen LogP contribution in [0.2, 0.25) is 5.02 Å². The van der Waals surface area contributed by atoms with Crippen molar-refractivity contribution in [3.63, 3.8) is 0 Å². The second kappa shape index (κ2) is 17.9. The van der Waals surface area contributed by atoms with Gasteiger partial charge < -0.3 is 20.1 Å². The highest BCUT2D eigenvalue weighted by atomic mass is 35.5. The molecule has 0 spiro atoms. The Morgan fingerprint density at radius 1 is 1.16 bits per heavy atom. The van der Waals surface area contributed by atoms with Crippen molar-refractivity contribution in [2.24, 2.45) is 11.8 Å². The summed E-state index contributed by atoms with van der Waals surface area (Å²) in [6, 6.07) is 6.77. The molecule has 2 N–H and O–H groups in total. The van der Waals surface area contributed by atoms with Gasteiger partial charge in [-0.25, -0.2) is 4.39 Å². The third kappa shape index (κ3) is 8.97. The summed E-state index contributed by atoms with van der Waals surface area (Å²) in [4.78, 5) is 27.4. The van der Waals surface area contributed by atoms with Gasteiger partial charge in [-0.05, 0) is 74.3 Å². The Hall–Kier alpha value is -3.58. The van der Waals surface area contributed by atoms with Crippen LogP contribution in [0.3, 0.4) is 0 Å². The van der Waals surface area contributed by atoms with Gasteiger partial charge in [-0.3, -0.25) is 9.59 Å². The van der Waals surface area contributed by atoms with E-state index in [-0.39, 0.29) is 41.1 Å². The molecule has 1 fully saturated rings. The van der Waals surface area contributed by atoms with Gasteiger partial charge in [0.25, 0.3) is 0 Å². The number of carbonyl (C=O) groups excluding carboxylic acids is 2. The van der Waals surface area contributed by atoms with Crippen LogP contribution >= 0.6 is 11.6 Å². The zero-order chi connectivity index (χ0) is 36.5. The van der Waals surface area contributed by atoms with Crippen molar-refractivity contribution in [2.45, 2.75) is 105 Å². The fourth-order valence-corrected chi connectivity index (χ4v) is 6.98. The molecule has 6 nitrogen and oxygen atoms in total. The normalized spacial score (nSPS) is 15.5. The van der Waals surface area contributed by atoms with Crippen LogP contribution in [-0.2, 0) is 20.7 Å². The van der Waals surface area contributed by atoms with Gasteiger partial charge in [-0.15, -0.1) is 0 Å². The van der Waals surface area contributed by atoms with Crippen molar-refractivity contribution in [1.82, 2.24) is 10.2 Å². The van der Waals surface area contributed by atoms with Gasteiger partial charge in [-0.1, -0.05) is 104 Å². The van der Waals surface area contributed by atoms with E-state index in [2.05, 4.69) is 39.2 Å². The highest BCUT2D eigenvalue weighted by Gasteiger charge is 2.49. The van der Waals surface area contributed by atoms with Crippen LogP contribution < -0.4 is 5.32 Å². The van der Waals surface area contributed by atoms with Crippen LogP contribution in [0, 0.1) is 24.6 Å². The smallest absolute Gasteiger partial charge is 0.246 e. The standard InChI is InChI=1S/C41H56ClFN2O4/c1-10-15-20-30(26(6)13-4)23-49-28(8)31(17-11-2)40(44-41(29(9)46)24-45(25-41)36(48)14-5)33-22-34(42)38(39(43)32(33)18-12-3)37-27(7)19-16-21-35(37)47/h14,16,19,21-22,26,30,44,47H,5,8,10-13,15,17-18,20,23-25H2,1-4,6-7,9H3/b40-31+. The molecule has 0 aliphatic carbocycles. The molecule has 1 saturated heterocycles. The number of hydrogen-bond donors (Lipinski definition) is 2. The molecule has 3 rings (SSSR count). The minimum Gasteiger partial charge on any atom is -0.507 e. The fourth-order valence-electron chi connectivity index (χ4n) is 6.69. The lowest BCUT2D eigenvalue weighted by Gasteiger charge is -2.49. The van der Waals surface area contributed by atoms with Crippen molar-refractivity contribution in [2.75, 3.05) is 19.7 Å². The van der Waals surface area contributed by atoms with Crippen molar-refractivity contribution < 1.29 is 23.8 Å². The molecule has 0 bridgehead atoms. The SMILES string of the molecule is C=CC(=O)N1CC(N/C(=C(\CCC)C(=C)OCC(CCCC)C(C)CC)c2cc(Cl)c(-c3c(C)cccc3O)c(F)c2CCC)(C(C)=O)C1. The number of nitrogens with one attached hydrogen (secondary N) is 1. The molecule has 2 unspecified atom stereocenters. The molecule has 8 heteroatoms. The van der Waals surface area contributed by atoms with Crippen molar-refractivity contribution in [3.05, 3.63) is 82.4 Å². The number of halogens is 2. The van der Waals surface area contributed by atoms with Gasteiger partial charge in [0.1, 0.15) is 22.9 Å². The van der Waals surface area contributed by atoms with Gasteiger partial charge in [0, 0.05) is 28.0 Å². The number of rotatable bonds is 19. The largest absolute Gasteiger partial charge is 0.507 e. The summed E-state index contributed by atoms with van der Waals surface area (Å²) in [5, 5.41) is 14.5. The predicted octanol–water partition coefficient (Wildman–Crippen LogP) is 9.95. The first-order valence-corrected chi connectivity index (χ1v) is 18.2. The van der Waals surface area contributed by atoms with Crippen LogP contribution in [0.4, 0.5) is 4.39 Å². The summed E-state index contributed by atoms with van der Waals surface area (Å²) in [6.45, 7) is 22.7. The van der Waals surface area contributed by atoms with E-state index >= 15 is 4.39 Å². The number of amides is 1. The lowest BCUT2D eigenvalue weighted by atomic mass is 9.83. The zero-order valence-electron chi connectivity index (χ0n) is 30.6. The first-order chi connectivity index (χ1) is 23.3. The molecule has 0 radical (unpaired) electrons. The van der Waals surface area contributed by atoms with E-state index in [9.17, 15) is 14.7 Å². The van der Waals surface area contributed by atoms with E-state index in [1.54, 1.807) is 17.0 Å². The first-order valence-electron chi connectivity index (χ1n) is 17.9. The number of hydrogen-bond acceptors (Lipinski definition) is 5. The van der Waals surface area contributed by atoms with Crippen LogP contribution in [0.15, 0.2) is 54.8 Å². The predicted molar refractivity (Wildman–Crippen MR) is 200 cm³/mol. The number of ketones is 1. The van der Waals surface area contributed by atoms with Gasteiger partial charge >= 0.3 is 0 Å². The van der Waals surface area contributed by atoms with E-state index in [4.69, 9.17) is 16.3 Å². The maximum Gasteiger partial charge on any atom is 0.246 e. The van der Waals surface area contributed by atoms with Crippen molar-refractivity contribution >= 4 is 29.0 Å². The van der Waals surface area contributed by atoms with Gasteiger partial charge in [0.05, 0.1) is 24.7 Å². The fraction of sp³-hybridized carbons (Fsp3) is 0.512. The molecule has 2 aromatic carbocycles. The Balaban J connectivity index is 2.31. The maximum absolute atomic E-state index is 17.0. The number of unbranched alkanes of at least 4 members (excludes halogenated alkanes) is 1. The number of carbonyl (C=O) groups is 2. The highest BCUT2D eigenvalue weighted by molar-refractivity contribution is 6.33. The summed E-state index contributed by atoms with van der Waals surface area (Å²) in [7, 11) is 0. The Morgan fingerprint density at radius 2 is 1.86 bits per heavy atom. The van der Waals surface area contributed by atoms with E-state index in [0.29, 0.717) is 71.4 Å². The van der Waals surface area contributed by atoms with E-state index in [1.165, 1.54) is 19.1 Å². The summed E-state index contributed by atoms with van der Waals surface area (Å²) in [5.41, 5.74) is 2.21. The van der Waals surface area contributed by atoms with Crippen LogP contribution in [0.1, 0.15) is 103 Å². The summed E-state index contributed by atoms with van der Waals surface area (Å²) < 4.78 is 23.5. The molecule has 2 aromatic rings. The molecule has 49 heavy (non-hydrogen) atoms. The van der Waals surface area contributed by atoms with E-state index in [0.717, 1.165) is 37.7 Å². The second-order valence-electron chi connectivity index (χ2n) is 13.6. The molecule has 0 saturated carbocycles. The van der Waals surface area contributed by atoms with E-state index < -0.39 is 11.4 Å². The van der Waals surface area contributed by atoms with Crippen molar-refractivity contribution in [1.29, 1.82) is 0 Å². The number of ether oxygens (including phenoxy) is 1. The number of nitrogens with zero attached hydrogens (tertiary/aromatic N) is 1. The van der Waals surface area contributed by atoms with Crippen molar-refractivity contribution in [3.8, 4) is 16.9 Å². The Morgan fingerprint density at radius 3 is 2.41 bits per heavy atom. The molecule has 1 amide bonds. The van der Waals surface area contributed by atoms with Gasteiger partial charge in [0.2, 0.25) is 5.91 Å². The number of phenols is 1. The quantitative estimate of drug-likeness (QED) is 0.0870. The Bertz CT molecular complexity index is 1540. The number of benzene rings is 2. The monoisotopic (exact) mass is 694 g/mol. The second-order valence-corrected chi connectivity index (χ2v) is 14.0. The molecule has 2 atom stereocenters. The minimum absolute atomic E-state index is 0.0609.